The topological polar surface area (TPSA) is 129 Å². The van der Waals surface area contributed by atoms with Gasteiger partial charge in [-0.05, 0) is 59.9 Å². The summed E-state index contributed by atoms with van der Waals surface area (Å²) in [4.78, 5) is 32.9. The Balaban J connectivity index is 1.31. The average Bonchev–Trinajstić information content (AvgIpc) is 3.41. The minimum atomic E-state index is -0.538. The number of pyridine rings is 2. The van der Waals surface area contributed by atoms with Gasteiger partial charge in [0.25, 0.3) is 0 Å². The van der Waals surface area contributed by atoms with E-state index in [1.807, 2.05) is 24.3 Å². The molecule has 0 spiro atoms. The van der Waals surface area contributed by atoms with E-state index in [2.05, 4.69) is 37.6 Å². The van der Waals surface area contributed by atoms with Crippen molar-refractivity contribution in [3.63, 3.8) is 0 Å². The number of amides is 1. The molecule has 11 nitrogen and oxygen atoms in total. The molecule has 1 aliphatic heterocycles. The van der Waals surface area contributed by atoms with E-state index in [9.17, 15) is 9.59 Å². The number of benzene rings is 1. The maximum atomic E-state index is 12.3. The lowest BCUT2D eigenvalue weighted by Crippen LogP contribution is -2.23. The van der Waals surface area contributed by atoms with Crippen molar-refractivity contribution in [1.82, 2.24) is 25.1 Å². The van der Waals surface area contributed by atoms with Crippen molar-refractivity contribution in [2.45, 2.75) is 38.3 Å². The number of nitrogens with zero attached hydrogens (tertiary/aromatic N) is 4. The number of alkyl carbamates (subject to hydrolysis) is 1. The number of fused-ring (bicyclic) bond motifs is 2. The first kappa shape index (κ1) is 26.9. The number of ether oxygens (including phenoxy) is 3. The van der Waals surface area contributed by atoms with E-state index in [4.69, 9.17) is 14.5 Å². The fraction of sp³-hybridized carbons (Fsp3) is 0.345. The zero-order valence-electron chi connectivity index (χ0n) is 22.6. The molecule has 11 heteroatoms. The summed E-state index contributed by atoms with van der Waals surface area (Å²) in [6.45, 7) is 1.69. The summed E-state index contributed by atoms with van der Waals surface area (Å²) in [6.07, 6.45) is 7.50. The summed E-state index contributed by atoms with van der Waals surface area (Å²) in [5.41, 5.74) is 4.61. The second kappa shape index (κ2) is 12.5. The molecule has 1 atom stereocenters. The zero-order chi connectivity index (χ0) is 27.9. The number of carbonyl (C=O) groups excluding carboxylic acids is 2. The molecule has 5 rings (SSSR count). The Morgan fingerprint density at radius 3 is 2.85 bits per heavy atom. The van der Waals surface area contributed by atoms with Crippen molar-refractivity contribution in [2.24, 2.45) is 0 Å². The number of carbonyl (C=O) groups is 2. The first-order chi connectivity index (χ1) is 19.5. The molecule has 0 bridgehead atoms. The van der Waals surface area contributed by atoms with Crippen LogP contribution < -0.4 is 15.4 Å². The number of esters is 1. The SMILES string of the molecule is COC(=O)CC(c1cncc(CNC(=O)OC)c1)n1ncc2cc(OCCc3ccc4c(n3)NCCC4)ccc21. The van der Waals surface area contributed by atoms with E-state index in [-0.39, 0.29) is 18.9 Å². The van der Waals surface area contributed by atoms with Crippen molar-refractivity contribution in [1.29, 1.82) is 0 Å². The van der Waals surface area contributed by atoms with Gasteiger partial charge in [-0.1, -0.05) is 6.07 Å². The molecule has 40 heavy (non-hydrogen) atoms. The number of nitrogens with one attached hydrogen (secondary N) is 2. The van der Waals surface area contributed by atoms with Gasteiger partial charge in [-0.2, -0.15) is 5.10 Å². The van der Waals surface area contributed by atoms with Gasteiger partial charge in [-0.3, -0.25) is 14.5 Å². The number of anilines is 1. The normalized spacial score (nSPS) is 13.2. The molecule has 4 heterocycles. The Bertz CT molecular complexity index is 1500. The highest BCUT2D eigenvalue weighted by Crippen LogP contribution is 2.29. The van der Waals surface area contributed by atoms with Crippen LogP contribution in [0.25, 0.3) is 10.9 Å². The van der Waals surface area contributed by atoms with Gasteiger partial charge in [0.2, 0.25) is 0 Å². The molecule has 1 amide bonds. The summed E-state index contributed by atoms with van der Waals surface area (Å²) in [6, 6.07) is 11.4. The van der Waals surface area contributed by atoms with E-state index >= 15 is 0 Å². The summed E-state index contributed by atoms with van der Waals surface area (Å²) in [5.74, 6) is 1.34. The van der Waals surface area contributed by atoms with Crippen LogP contribution in [-0.2, 0) is 33.7 Å². The highest BCUT2D eigenvalue weighted by Gasteiger charge is 2.22. The van der Waals surface area contributed by atoms with Crippen molar-refractivity contribution >= 4 is 28.8 Å². The number of aromatic nitrogens is 4. The second-order valence-corrected chi connectivity index (χ2v) is 9.52. The van der Waals surface area contributed by atoms with Crippen LogP contribution in [0.15, 0.2) is 55.0 Å². The molecule has 4 aromatic rings. The summed E-state index contributed by atoms with van der Waals surface area (Å²) >= 11 is 0. The monoisotopic (exact) mass is 544 g/mol. The second-order valence-electron chi connectivity index (χ2n) is 9.52. The summed E-state index contributed by atoms with van der Waals surface area (Å²) in [7, 11) is 2.66. The van der Waals surface area contributed by atoms with Crippen molar-refractivity contribution in [2.75, 3.05) is 32.7 Å². The lowest BCUT2D eigenvalue weighted by Gasteiger charge is -2.19. The fourth-order valence-electron chi connectivity index (χ4n) is 4.77. The van der Waals surface area contributed by atoms with Gasteiger partial charge < -0.3 is 24.8 Å². The number of hydrogen-bond acceptors (Lipinski definition) is 9. The van der Waals surface area contributed by atoms with Crippen molar-refractivity contribution in [3.8, 4) is 5.75 Å². The fourth-order valence-corrected chi connectivity index (χ4v) is 4.77. The van der Waals surface area contributed by atoms with Crippen LogP contribution in [0.5, 0.6) is 5.75 Å². The Labute approximate surface area is 231 Å². The zero-order valence-corrected chi connectivity index (χ0v) is 22.6. The molecule has 0 saturated carbocycles. The maximum absolute atomic E-state index is 12.3. The van der Waals surface area contributed by atoms with Gasteiger partial charge in [0, 0.05) is 43.0 Å². The van der Waals surface area contributed by atoms with Gasteiger partial charge in [0.15, 0.2) is 0 Å². The van der Waals surface area contributed by atoms with E-state index in [1.54, 1.807) is 23.3 Å². The van der Waals surface area contributed by atoms with Crippen molar-refractivity contribution in [3.05, 3.63) is 77.4 Å². The molecule has 0 fully saturated rings. The number of aryl methyl sites for hydroxylation is 1. The van der Waals surface area contributed by atoms with E-state index in [0.717, 1.165) is 58.7 Å². The number of hydrogen-bond donors (Lipinski definition) is 2. The molecule has 208 valence electrons. The predicted octanol–water partition coefficient (Wildman–Crippen LogP) is 3.81. The van der Waals surface area contributed by atoms with Crippen LogP contribution in [-0.4, -0.2) is 59.2 Å². The highest BCUT2D eigenvalue weighted by atomic mass is 16.5. The molecule has 0 aliphatic carbocycles. The standard InChI is InChI=1S/C29H32N6O5/c1-38-27(36)14-26(21-12-19(15-30-17-21)16-32-29(37)39-2)35-25-8-7-24(13-22(25)18-33-35)40-11-9-23-6-5-20-4-3-10-31-28(20)34-23/h5-8,12-13,15,17-18,26H,3-4,9-11,14,16H2,1-2H3,(H,31,34)(H,32,37). The van der Waals surface area contributed by atoms with E-state index < -0.39 is 12.1 Å². The predicted molar refractivity (Wildman–Crippen MR) is 148 cm³/mol. The molecular formula is C29H32N6O5. The Morgan fingerprint density at radius 1 is 1.10 bits per heavy atom. The maximum Gasteiger partial charge on any atom is 0.407 e. The van der Waals surface area contributed by atoms with Crippen LogP contribution in [0.1, 0.15) is 41.3 Å². The third kappa shape index (κ3) is 6.31. The van der Waals surface area contributed by atoms with Crippen LogP contribution >= 0.6 is 0 Å². The minimum Gasteiger partial charge on any atom is -0.493 e. The lowest BCUT2D eigenvalue weighted by atomic mass is 10.0. The molecule has 1 unspecified atom stereocenters. The van der Waals surface area contributed by atoms with Gasteiger partial charge in [0.05, 0.1) is 45.0 Å². The molecule has 3 aromatic heterocycles. The Hall–Kier alpha value is -4.67. The number of rotatable bonds is 10. The van der Waals surface area contributed by atoms with E-state index in [0.29, 0.717) is 13.0 Å². The molecular weight excluding hydrogens is 512 g/mol. The lowest BCUT2D eigenvalue weighted by molar-refractivity contribution is -0.141. The first-order valence-corrected chi connectivity index (χ1v) is 13.2. The van der Waals surface area contributed by atoms with Gasteiger partial charge in [0.1, 0.15) is 11.6 Å². The first-order valence-electron chi connectivity index (χ1n) is 13.2. The third-order valence-corrected chi connectivity index (χ3v) is 6.85. The molecule has 0 saturated heterocycles. The van der Waals surface area contributed by atoms with Crippen molar-refractivity contribution < 1.29 is 23.8 Å². The molecule has 1 aliphatic rings. The number of methoxy groups -OCH3 is 2. The van der Waals surface area contributed by atoms with Crippen LogP contribution in [0.3, 0.4) is 0 Å². The Morgan fingerprint density at radius 2 is 2.00 bits per heavy atom. The van der Waals surface area contributed by atoms with Crippen LogP contribution in [0, 0.1) is 0 Å². The van der Waals surface area contributed by atoms with Crippen LogP contribution in [0.2, 0.25) is 0 Å². The molecule has 1 aromatic carbocycles. The minimum absolute atomic E-state index is 0.0593. The molecule has 2 N–H and O–H groups in total. The van der Waals surface area contributed by atoms with Gasteiger partial charge in [-0.25, -0.2) is 9.78 Å². The summed E-state index contributed by atoms with van der Waals surface area (Å²) < 4.78 is 17.4. The largest absolute Gasteiger partial charge is 0.493 e. The third-order valence-electron chi connectivity index (χ3n) is 6.85. The quantitative estimate of drug-likeness (QED) is 0.286. The molecule has 0 radical (unpaired) electrons. The average molecular weight is 545 g/mol. The van der Waals surface area contributed by atoms with Crippen LogP contribution in [0.4, 0.5) is 10.6 Å². The smallest absolute Gasteiger partial charge is 0.407 e. The van der Waals surface area contributed by atoms with Gasteiger partial charge in [-0.15, -0.1) is 0 Å². The summed E-state index contributed by atoms with van der Waals surface area (Å²) in [5, 5.41) is 11.5. The Kier molecular flexibility index (Phi) is 8.38. The highest BCUT2D eigenvalue weighted by molar-refractivity contribution is 5.81. The van der Waals surface area contributed by atoms with E-state index in [1.165, 1.54) is 19.8 Å². The van der Waals surface area contributed by atoms with Gasteiger partial charge >= 0.3 is 12.1 Å².